The average Bonchev–Trinajstić information content (AvgIpc) is 3.16. The Morgan fingerprint density at radius 1 is 1.27 bits per heavy atom. The van der Waals surface area contributed by atoms with Crippen molar-refractivity contribution in [3.8, 4) is 0 Å². The molecule has 3 heterocycles. The summed E-state index contributed by atoms with van der Waals surface area (Å²) in [6, 6.07) is 12.4. The van der Waals surface area contributed by atoms with Crippen molar-refractivity contribution in [2.75, 3.05) is 22.9 Å². The Morgan fingerprint density at radius 3 is 2.77 bits per heavy atom. The number of anilines is 2. The minimum atomic E-state index is -0.426. The van der Waals surface area contributed by atoms with Gasteiger partial charge in [-0.05, 0) is 38.1 Å². The Hall–Kier alpha value is -3.68. The molecule has 1 aromatic carbocycles. The third-order valence-corrected chi connectivity index (χ3v) is 5.06. The zero-order chi connectivity index (χ0) is 21.3. The van der Waals surface area contributed by atoms with Gasteiger partial charge in [-0.1, -0.05) is 6.07 Å². The van der Waals surface area contributed by atoms with E-state index >= 15 is 0 Å². The van der Waals surface area contributed by atoms with Crippen LogP contribution in [0.4, 0.5) is 17.3 Å². The highest BCUT2D eigenvalue weighted by Crippen LogP contribution is 2.31. The van der Waals surface area contributed by atoms with E-state index in [4.69, 9.17) is 0 Å². The van der Waals surface area contributed by atoms with Gasteiger partial charge in [-0.2, -0.15) is 0 Å². The first-order chi connectivity index (χ1) is 14.5. The minimum Gasteiger partial charge on any atom is -0.341 e. The van der Waals surface area contributed by atoms with Gasteiger partial charge in [0.1, 0.15) is 29.4 Å². The summed E-state index contributed by atoms with van der Waals surface area (Å²) in [5.41, 5.74) is 1.09. The lowest BCUT2D eigenvalue weighted by Gasteiger charge is -2.43. The summed E-state index contributed by atoms with van der Waals surface area (Å²) in [4.78, 5) is 34.3. The highest BCUT2D eigenvalue weighted by atomic mass is 16.6. The Balaban J connectivity index is 1.72. The summed E-state index contributed by atoms with van der Waals surface area (Å²) in [5, 5.41) is 15.3. The third-order valence-electron chi connectivity index (χ3n) is 5.06. The quantitative estimate of drug-likeness (QED) is 0.381. The number of non-ortho nitro benzene ring substituents is 1. The predicted octanol–water partition coefficient (Wildman–Crippen LogP) is 2.84. The van der Waals surface area contributed by atoms with Crippen LogP contribution in [0, 0.1) is 10.1 Å². The van der Waals surface area contributed by atoms with Crippen molar-refractivity contribution in [3.63, 3.8) is 0 Å². The summed E-state index contributed by atoms with van der Waals surface area (Å²) in [6.45, 7) is 5.19. The van der Waals surface area contributed by atoms with Crippen molar-refractivity contribution in [2.24, 2.45) is 0 Å². The molecule has 2 N–H and O–H groups in total. The van der Waals surface area contributed by atoms with Gasteiger partial charge in [-0.3, -0.25) is 15.4 Å². The maximum atomic E-state index is 12.1. The number of pyridine rings is 1. The van der Waals surface area contributed by atoms with Crippen molar-refractivity contribution >= 4 is 34.2 Å². The van der Waals surface area contributed by atoms with E-state index in [1.807, 2.05) is 47.9 Å². The molecule has 3 aromatic rings. The molecule has 0 saturated carbocycles. The van der Waals surface area contributed by atoms with Crippen LogP contribution in [-0.2, 0) is 4.79 Å². The van der Waals surface area contributed by atoms with E-state index < -0.39 is 11.1 Å². The van der Waals surface area contributed by atoms with Crippen molar-refractivity contribution in [3.05, 3.63) is 64.5 Å². The fourth-order valence-corrected chi connectivity index (χ4v) is 3.73. The molecule has 9 heteroatoms. The molecule has 4 rings (SSSR count). The Morgan fingerprint density at radius 2 is 2.10 bits per heavy atom. The van der Waals surface area contributed by atoms with Crippen LogP contribution in [-0.4, -0.2) is 46.1 Å². The van der Waals surface area contributed by atoms with Crippen molar-refractivity contribution in [1.29, 1.82) is 0 Å². The number of nitro benzene ring substituents is 1. The number of rotatable bonds is 5. The number of piperazine rings is 1. The molecular weight excluding hydrogens is 384 g/mol. The van der Waals surface area contributed by atoms with Gasteiger partial charge in [0.25, 0.3) is 5.69 Å². The van der Waals surface area contributed by atoms with Gasteiger partial charge in [0, 0.05) is 42.8 Å². The molecular formula is C21H22N6O3. The molecule has 154 valence electrons. The van der Waals surface area contributed by atoms with Crippen LogP contribution in [0.1, 0.15) is 13.8 Å². The van der Waals surface area contributed by atoms with Crippen LogP contribution in [0.25, 0.3) is 10.9 Å². The molecule has 1 unspecified atom stereocenters. The molecule has 0 aliphatic carbocycles. The molecule has 1 saturated heterocycles. The SMILES string of the molecule is CC(C)NC1C(=C=O)N(c2cc3ccc([N+](=O)[O-])cc3[nH]2)CCN1c1ccccn1. The summed E-state index contributed by atoms with van der Waals surface area (Å²) >= 11 is 0. The van der Waals surface area contributed by atoms with Crippen LogP contribution >= 0.6 is 0 Å². The molecule has 0 bridgehead atoms. The Labute approximate surface area is 173 Å². The molecule has 1 aliphatic rings. The summed E-state index contributed by atoms with van der Waals surface area (Å²) in [5.74, 6) is 3.58. The number of benzene rings is 1. The maximum Gasteiger partial charge on any atom is 0.271 e. The van der Waals surface area contributed by atoms with Gasteiger partial charge in [-0.15, -0.1) is 0 Å². The highest BCUT2D eigenvalue weighted by Gasteiger charge is 2.35. The zero-order valence-corrected chi connectivity index (χ0v) is 16.7. The smallest absolute Gasteiger partial charge is 0.271 e. The van der Waals surface area contributed by atoms with Gasteiger partial charge < -0.3 is 14.8 Å². The second-order valence-corrected chi connectivity index (χ2v) is 7.43. The molecule has 0 amide bonds. The fourth-order valence-electron chi connectivity index (χ4n) is 3.73. The molecule has 9 nitrogen and oxygen atoms in total. The fraction of sp³-hybridized carbons (Fsp3) is 0.286. The largest absolute Gasteiger partial charge is 0.341 e. The predicted molar refractivity (Wildman–Crippen MR) is 115 cm³/mol. The molecule has 2 aromatic heterocycles. The van der Waals surface area contributed by atoms with Gasteiger partial charge in [0.05, 0.1) is 10.4 Å². The van der Waals surface area contributed by atoms with E-state index in [0.717, 1.165) is 11.2 Å². The van der Waals surface area contributed by atoms with Crippen LogP contribution in [0.5, 0.6) is 0 Å². The number of aromatic amines is 1. The number of aromatic nitrogens is 2. The first-order valence-corrected chi connectivity index (χ1v) is 9.71. The second-order valence-electron chi connectivity index (χ2n) is 7.43. The normalized spacial score (nSPS) is 16.9. The Bertz CT molecular complexity index is 1120. The number of fused-ring (bicyclic) bond motifs is 1. The first kappa shape index (κ1) is 19.6. The average molecular weight is 406 g/mol. The number of carbonyl (C=O) groups excluding carboxylic acids is 1. The van der Waals surface area contributed by atoms with Gasteiger partial charge in [0.2, 0.25) is 0 Å². The number of H-pyrrole nitrogens is 1. The number of hydrogen-bond acceptors (Lipinski definition) is 7. The third kappa shape index (κ3) is 3.63. The number of hydrogen-bond donors (Lipinski definition) is 2. The van der Waals surface area contributed by atoms with Crippen LogP contribution in [0.3, 0.4) is 0 Å². The van der Waals surface area contributed by atoms with Gasteiger partial charge >= 0.3 is 0 Å². The standard InChI is InChI=1S/C21H22N6O3/c1-14(2)23-21-18(13-28)25(9-10-26(21)19-5-3-4-8-22-19)20-11-15-6-7-16(27(29)30)12-17(15)24-20/h3-8,11-12,14,21,23-24H,9-10H2,1-2H3. The molecule has 1 fully saturated rings. The lowest BCUT2D eigenvalue weighted by atomic mass is 10.1. The van der Waals surface area contributed by atoms with Gasteiger partial charge in [0.15, 0.2) is 0 Å². The molecule has 0 spiro atoms. The van der Waals surface area contributed by atoms with Crippen LogP contribution in [0.2, 0.25) is 0 Å². The summed E-state index contributed by atoms with van der Waals surface area (Å²) in [7, 11) is 0. The van der Waals surface area contributed by atoms with E-state index in [1.165, 1.54) is 12.1 Å². The van der Waals surface area contributed by atoms with Crippen LogP contribution < -0.4 is 15.1 Å². The highest BCUT2D eigenvalue weighted by molar-refractivity contribution is 5.87. The number of nitrogens with zero attached hydrogens (tertiary/aromatic N) is 4. The van der Waals surface area contributed by atoms with Crippen molar-refractivity contribution in [2.45, 2.75) is 26.1 Å². The van der Waals surface area contributed by atoms with E-state index in [1.54, 1.807) is 12.3 Å². The molecule has 0 radical (unpaired) electrons. The van der Waals surface area contributed by atoms with Crippen molar-refractivity contribution < 1.29 is 9.72 Å². The second kappa shape index (κ2) is 7.98. The molecule has 1 atom stereocenters. The maximum absolute atomic E-state index is 12.1. The lowest BCUT2D eigenvalue weighted by molar-refractivity contribution is -0.384. The number of nitro groups is 1. The van der Waals surface area contributed by atoms with E-state index in [-0.39, 0.29) is 11.7 Å². The summed E-state index contributed by atoms with van der Waals surface area (Å²) in [6.07, 6.45) is 1.31. The molecule has 1 aliphatic heterocycles. The van der Waals surface area contributed by atoms with E-state index in [2.05, 4.69) is 21.2 Å². The van der Waals surface area contributed by atoms with E-state index in [0.29, 0.717) is 30.1 Å². The zero-order valence-electron chi connectivity index (χ0n) is 16.7. The minimum absolute atomic E-state index is 0.0152. The van der Waals surface area contributed by atoms with Crippen molar-refractivity contribution in [1.82, 2.24) is 15.3 Å². The van der Waals surface area contributed by atoms with Crippen LogP contribution in [0.15, 0.2) is 54.4 Å². The monoisotopic (exact) mass is 406 g/mol. The topological polar surface area (TPSA) is 107 Å². The molecule has 30 heavy (non-hydrogen) atoms. The van der Waals surface area contributed by atoms with Gasteiger partial charge in [-0.25, -0.2) is 9.78 Å². The Kier molecular flexibility index (Phi) is 5.22. The summed E-state index contributed by atoms with van der Waals surface area (Å²) < 4.78 is 0. The number of nitrogens with one attached hydrogen (secondary N) is 2. The first-order valence-electron chi connectivity index (χ1n) is 9.71. The van der Waals surface area contributed by atoms with E-state index in [9.17, 15) is 14.9 Å². The lowest BCUT2D eigenvalue weighted by Crippen LogP contribution is -2.59.